The maximum Gasteiger partial charge on any atom is 0.165 e. The van der Waals surface area contributed by atoms with E-state index in [-0.39, 0.29) is 0 Å². The molecule has 0 aliphatic rings. The van der Waals surface area contributed by atoms with Crippen LogP contribution in [0.1, 0.15) is 5.69 Å². The summed E-state index contributed by atoms with van der Waals surface area (Å²) in [6, 6.07) is 1.70. The highest BCUT2D eigenvalue weighted by atomic mass is 16.5. The molecule has 6 heteroatoms. The molecule has 0 aromatic carbocycles. The van der Waals surface area contributed by atoms with Crippen LogP contribution < -0.4 is 5.73 Å². The Balaban J connectivity index is 2.40. The summed E-state index contributed by atoms with van der Waals surface area (Å²) in [6.45, 7) is 0.417. The number of hydrogen-bond acceptors (Lipinski definition) is 5. The average Bonchev–Trinajstić information content (AvgIpc) is 2.64. The zero-order valence-corrected chi connectivity index (χ0v) is 9.21. The first-order chi connectivity index (χ1) is 7.69. The second kappa shape index (κ2) is 4.28. The molecule has 2 aromatic heterocycles. The second-order valence-electron chi connectivity index (χ2n) is 3.44. The fraction of sp³-hybridized carbons (Fsp3) is 0.300. The topological polar surface area (TPSA) is 78.9 Å². The fourth-order valence-corrected chi connectivity index (χ4v) is 1.41. The predicted molar refractivity (Wildman–Crippen MR) is 59.4 cm³/mol. The minimum atomic E-state index is 0.417. The molecule has 0 saturated heterocycles. The minimum Gasteiger partial charge on any atom is -0.384 e. The number of ether oxygens (including phenoxy) is 1. The van der Waals surface area contributed by atoms with Crippen LogP contribution in [0.25, 0.3) is 11.4 Å². The number of aryl methyl sites for hydroxylation is 1. The number of hydrogen-bond donors (Lipinski definition) is 1. The maximum atomic E-state index is 5.70. The van der Waals surface area contributed by atoms with Crippen molar-refractivity contribution in [2.45, 2.75) is 6.61 Å². The largest absolute Gasteiger partial charge is 0.384 e. The minimum absolute atomic E-state index is 0.417. The first-order valence-corrected chi connectivity index (χ1v) is 4.80. The van der Waals surface area contributed by atoms with Crippen LogP contribution >= 0.6 is 0 Å². The van der Waals surface area contributed by atoms with Gasteiger partial charge in [0.05, 0.1) is 24.1 Å². The summed E-state index contributed by atoms with van der Waals surface area (Å²) in [5, 5.41) is 4.06. The van der Waals surface area contributed by atoms with E-state index in [1.807, 2.05) is 13.2 Å². The monoisotopic (exact) mass is 219 g/mol. The molecule has 0 spiro atoms. The van der Waals surface area contributed by atoms with Crippen LogP contribution in [0, 0.1) is 0 Å². The van der Waals surface area contributed by atoms with E-state index in [0.29, 0.717) is 18.2 Å². The molecule has 0 saturated carbocycles. The molecule has 0 radical (unpaired) electrons. The molecule has 0 aliphatic heterocycles. The summed E-state index contributed by atoms with van der Waals surface area (Å²) in [5.74, 6) is 1.00. The molecule has 0 unspecified atom stereocenters. The van der Waals surface area contributed by atoms with Gasteiger partial charge in [-0.2, -0.15) is 5.10 Å². The molecule has 16 heavy (non-hydrogen) atoms. The summed E-state index contributed by atoms with van der Waals surface area (Å²) in [5.41, 5.74) is 7.30. The average molecular weight is 219 g/mol. The Morgan fingerprint density at radius 2 is 2.25 bits per heavy atom. The highest BCUT2D eigenvalue weighted by molar-refractivity contribution is 5.54. The van der Waals surface area contributed by atoms with Gasteiger partial charge in [-0.3, -0.25) is 4.68 Å². The molecule has 0 fully saturated rings. The lowest BCUT2D eigenvalue weighted by atomic mass is 10.3. The van der Waals surface area contributed by atoms with E-state index >= 15 is 0 Å². The third kappa shape index (κ3) is 2.17. The van der Waals surface area contributed by atoms with Crippen molar-refractivity contribution in [2.24, 2.45) is 7.05 Å². The van der Waals surface area contributed by atoms with Gasteiger partial charge < -0.3 is 10.5 Å². The molecule has 6 nitrogen and oxygen atoms in total. The molecule has 2 rings (SSSR count). The smallest absolute Gasteiger partial charge is 0.165 e. The van der Waals surface area contributed by atoms with Crippen molar-refractivity contribution in [1.29, 1.82) is 0 Å². The third-order valence-electron chi connectivity index (χ3n) is 2.05. The number of aromatic nitrogens is 4. The van der Waals surface area contributed by atoms with Crippen LogP contribution in [-0.4, -0.2) is 26.9 Å². The molecule has 0 amide bonds. The Morgan fingerprint density at radius 1 is 1.44 bits per heavy atom. The van der Waals surface area contributed by atoms with Gasteiger partial charge in [0.2, 0.25) is 0 Å². The lowest BCUT2D eigenvalue weighted by Gasteiger charge is -2.03. The Hall–Kier alpha value is -1.95. The fourth-order valence-electron chi connectivity index (χ4n) is 1.41. The number of rotatable bonds is 3. The number of nitrogens with two attached hydrogens (primary N) is 1. The molecular weight excluding hydrogens is 206 g/mol. The van der Waals surface area contributed by atoms with Crippen LogP contribution in [0.3, 0.4) is 0 Å². The highest BCUT2D eigenvalue weighted by Crippen LogP contribution is 2.15. The van der Waals surface area contributed by atoms with Crippen molar-refractivity contribution in [3.8, 4) is 11.4 Å². The summed E-state index contributed by atoms with van der Waals surface area (Å²) in [6.07, 6.45) is 3.54. The number of anilines is 1. The number of nitrogen functional groups attached to an aromatic ring is 1. The van der Waals surface area contributed by atoms with Gasteiger partial charge in [0.15, 0.2) is 5.82 Å². The van der Waals surface area contributed by atoms with Gasteiger partial charge in [-0.15, -0.1) is 0 Å². The van der Waals surface area contributed by atoms with Crippen molar-refractivity contribution in [2.75, 3.05) is 12.8 Å². The van der Waals surface area contributed by atoms with Crippen molar-refractivity contribution in [3.05, 3.63) is 24.2 Å². The van der Waals surface area contributed by atoms with Crippen molar-refractivity contribution in [1.82, 2.24) is 19.7 Å². The van der Waals surface area contributed by atoms with Crippen LogP contribution in [0.2, 0.25) is 0 Å². The van der Waals surface area contributed by atoms with E-state index < -0.39 is 0 Å². The second-order valence-corrected chi connectivity index (χ2v) is 3.44. The quantitative estimate of drug-likeness (QED) is 0.818. The van der Waals surface area contributed by atoms with Gasteiger partial charge in [0.25, 0.3) is 0 Å². The number of nitrogens with zero attached hydrogens (tertiary/aromatic N) is 4. The Morgan fingerprint density at radius 3 is 2.88 bits per heavy atom. The van der Waals surface area contributed by atoms with Crippen LogP contribution in [0.15, 0.2) is 18.5 Å². The Kier molecular flexibility index (Phi) is 2.82. The summed E-state index contributed by atoms with van der Waals surface area (Å²) >= 11 is 0. The van der Waals surface area contributed by atoms with Gasteiger partial charge in [-0.1, -0.05) is 0 Å². The summed E-state index contributed by atoms with van der Waals surface area (Å²) in [7, 11) is 3.45. The van der Waals surface area contributed by atoms with E-state index in [1.165, 1.54) is 0 Å². The van der Waals surface area contributed by atoms with Crippen molar-refractivity contribution in [3.63, 3.8) is 0 Å². The molecule has 84 valence electrons. The summed E-state index contributed by atoms with van der Waals surface area (Å²) < 4.78 is 6.70. The maximum absolute atomic E-state index is 5.70. The molecule has 2 aromatic rings. The zero-order valence-electron chi connectivity index (χ0n) is 9.21. The van der Waals surface area contributed by atoms with Gasteiger partial charge in [0, 0.05) is 26.4 Å². The first-order valence-electron chi connectivity index (χ1n) is 4.80. The van der Waals surface area contributed by atoms with Crippen LogP contribution in [0.4, 0.5) is 5.82 Å². The van der Waals surface area contributed by atoms with Crippen molar-refractivity contribution < 1.29 is 4.74 Å². The van der Waals surface area contributed by atoms with E-state index in [2.05, 4.69) is 15.1 Å². The van der Waals surface area contributed by atoms with Gasteiger partial charge >= 0.3 is 0 Å². The Bertz CT molecular complexity index is 494. The molecule has 0 bridgehead atoms. The van der Waals surface area contributed by atoms with E-state index in [9.17, 15) is 0 Å². The standard InChI is InChI=1S/C10H13N5O/c1-15-5-7(4-12-15)10-13-8(6-16-2)3-9(11)14-10/h3-5H,6H2,1-2H3,(H2,11,13,14). The summed E-state index contributed by atoms with van der Waals surface area (Å²) in [4.78, 5) is 8.49. The third-order valence-corrected chi connectivity index (χ3v) is 2.05. The van der Waals surface area contributed by atoms with Crippen molar-refractivity contribution >= 4 is 5.82 Å². The first kappa shape index (κ1) is 10.6. The molecule has 0 atom stereocenters. The SMILES string of the molecule is COCc1cc(N)nc(-c2cnn(C)c2)n1. The van der Waals surface area contributed by atoms with E-state index in [4.69, 9.17) is 10.5 Å². The zero-order chi connectivity index (χ0) is 11.5. The molecule has 2 N–H and O–H groups in total. The molecule has 0 aliphatic carbocycles. The van der Waals surface area contributed by atoms with E-state index in [0.717, 1.165) is 11.3 Å². The lowest BCUT2D eigenvalue weighted by molar-refractivity contribution is 0.181. The number of methoxy groups -OCH3 is 1. The molecule has 2 heterocycles. The van der Waals surface area contributed by atoms with Crippen LogP contribution in [0.5, 0.6) is 0 Å². The predicted octanol–water partition coefficient (Wildman–Crippen LogP) is 0.606. The molecular formula is C10H13N5O. The van der Waals surface area contributed by atoms with Gasteiger partial charge in [0.1, 0.15) is 5.82 Å². The van der Waals surface area contributed by atoms with Gasteiger partial charge in [-0.05, 0) is 0 Å². The highest BCUT2D eigenvalue weighted by Gasteiger charge is 2.06. The normalized spacial score (nSPS) is 10.6. The van der Waals surface area contributed by atoms with Crippen LogP contribution in [-0.2, 0) is 18.4 Å². The Labute approximate surface area is 93.1 Å². The van der Waals surface area contributed by atoms with Gasteiger partial charge in [-0.25, -0.2) is 9.97 Å². The lowest BCUT2D eigenvalue weighted by Crippen LogP contribution is -2.01. The van der Waals surface area contributed by atoms with E-state index in [1.54, 1.807) is 24.1 Å².